The quantitative estimate of drug-likeness (QED) is 0.603. The molecule has 0 bridgehead atoms. The monoisotopic (exact) mass is 251 g/mol. The molecule has 0 aromatic rings. The Kier molecular flexibility index (Phi) is 2.18. The summed E-state index contributed by atoms with van der Waals surface area (Å²) in [5, 5.41) is 0. The SMILES string of the molecule is O=C1C(Br)=CN=C[C@H]1Br. The predicted octanol–water partition coefficient (Wildman–Crippen LogP) is 1.64. The lowest BCUT2D eigenvalue weighted by Gasteiger charge is -2.03. The van der Waals surface area contributed by atoms with E-state index >= 15 is 0 Å². The van der Waals surface area contributed by atoms with Crippen LogP contribution in [0.3, 0.4) is 0 Å². The molecule has 0 N–H and O–H groups in total. The first-order chi connectivity index (χ1) is 4.22. The molecule has 4 heteroatoms. The van der Waals surface area contributed by atoms with Crippen LogP contribution in [0.2, 0.25) is 0 Å². The van der Waals surface area contributed by atoms with Gasteiger partial charge in [0, 0.05) is 12.4 Å². The molecule has 0 saturated heterocycles. The van der Waals surface area contributed by atoms with Crippen LogP contribution in [-0.2, 0) is 4.79 Å². The summed E-state index contributed by atoms with van der Waals surface area (Å²) >= 11 is 6.19. The van der Waals surface area contributed by atoms with Crippen molar-refractivity contribution in [2.45, 2.75) is 4.83 Å². The Bertz CT molecular complexity index is 197. The van der Waals surface area contributed by atoms with E-state index in [4.69, 9.17) is 0 Å². The van der Waals surface area contributed by atoms with Gasteiger partial charge in [0.05, 0.1) is 4.48 Å². The molecular formula is C5H3Br2NO. The number of nitrogens with zero attached hydrogens (tertiary/aromatic N) is 1. The average Bonchev–Trinajstić information content (AvgIpc) is 1.83. The Hall–Kier alpha value is 0.0400. The van der Waals surface area contributed by atoms with Crippen molar-refractivity contribution in [3.8, 4) is 0 Å². The number of carbonyl (C=O) groups excluding carboxylic acids is 1. The number of alkyl halides is 1. The van der Waals surface area contributed by atoms with Gasteiger partial charge in [0.25, 0.3) is 0 Å². The standard InChI is InChI=1S/C5H3Br2NO/c6-3-1-8-2-4(7)5(3)9/h1-3H/t3-/m1/s1. The maximum absolute atomic E-state index is 10.9. The fourth-order valence-corrected chi connectivity index (χ4v) is 1.50. The number of carbonyl (C=O) groups is 1. The second-order valence-electron chi connectivity index (χ2n) is 1.54. The Morgan fingerprint density at radius 1 is 1.67 bits per heavy atom. The van der Waals surface area contributed by atoms with E-state index in [1.165, 1.54) is 6.20 Å². The predicted molar refractivity (Wildman–Crippen MR) is 43.2 cm³/mol. The van der Waals surface area contributed by atoms with Gasteiger partial charge >= 0.3 is 0 Å². The van der Waals surface area contributed by atoms with Crippen molar-refractivity contribution < 1.29 is 4.79 Å². The Balaban J connectivity index is 2.86. The molecule has 0 amide bonds. The Morgan fingerprint density at radius 2 is 2.33 bits per heavy atom. The van der Waals surface area contributed by atoms with Gasteiger partial charge in [-0.3, -0.25) is 9.79 Å². The van der Waals surface area contributed by atoms with Gasteiger partial charge in [-0.05, 0) is 15.9 Å². The first-order valence-electron chi connectivity index (χ1n) is 2.29. The topological polar surface area (TPSA) is 29.4 Å². The number of allylic oxidation sites excluding steroid dienone is 1. The second-order valence-corrected chi connectivity index (χ2v) is 3.38. The van der Waals surface area contributed by atoms with Gasteiger partial charge < -0.3 is 0 Å². The van der Waals surface area contributed by atoms with E-state index in [2.05, 4.69) is 36.9 Å². The van der Waals surface area contributed by atoms with Crippen LogP contribution in [0.25, 0.3) is 0 Å². The summed E-state index contributed by atoms with van der Waals surface area (Å²) in [7, 11) is 0. The van der Waals surface area contributed by atoms with E-state index in [1.54, 1.807) is 6.21 Å². The van der Waals surface area contributed by atoms with Crippen LogP contribution in [0.1, 0.15) is 0 Å². The summed E-state index contributed by atoms with van der Waals surface area (Å²) in [5.74, 6) is 0.0185. The van der Waals surface area contributed by atoms with Crippen LogP contribution >= 0.6 is 31.9 Å². The smallest absolute Gasteiger partial charge is 0.190 e. The molecule has 0 fully saturated rings. The highest BCUT2D eigenvalue weighted by Gasteiger charge is 2.17. The lowest BCUT2D eigenvalue weighted by atomic mass is 10.3. The van der Waals surface area contributed by atoms with Gasteiger partial charge in [0.15, 0.2) is 5.78 Å². The number of aliphatic imine (C=N–C) groups is 1. The molecule has 0 radical (unpaired) electrons. The summed E-state index contributed by atoms with van der Waals surface area (Å²) in [4.78, 5) is 14.4. The third-order valence-electron chi connectivity index (χ3n) is 0.891. The third kappa shape index (κ3) is 1.49. The molecule has 1 aliphatic rings. The second kappa shape index (κ2) is 2.75. The van der Waals surface area contributed by atoms with E-state index in [1.807, 2.05) is 0 Å². The fourth-order valence-electron chi connectivity index (χ4n) is 0.447. The third-order valence-corrected chi connectivity index (χ3v) is 2.14. The van der Waals surface area contributed by atoms with Crippen LogP contribution < -0.4 is 0 Å². The minimum Gasteiger partial charge on any atom is -0.292 e. The molecular weight excluding hydrogens is 250 g/mol. The summed E-state index contributed by atoms with van der Waals surface area (Å²) in [6, 6.07) is 0. The van der Waals surface area contributed by atoms with Gasteiger partial charge in [0.1, 0.15) is 4.83 Å². The average molecular weight is 253 g/mol. The van der Waals surface area contributed by atoms with Gasteiger partial charge in [-0.25, -0.2) is 0 Å². The van der Waals surface area contributed by atoms with Gasteiger partial charge in [0.2, 0.25) is 0 Å². The molecule has 48 valence electrons. The van der Waals surface area contributed by atoms with Crippen LogP contribution in [0.15, 0.2) is 15.7 Å². The fraction of sp³-hybridized carbons (Fsp3) is 0.200. The summed E-state index contributed by atoms with van der Waals surface area (Å²) in [6.07, 6.45) is 3.03. The molecule has 1 rings (SSSR count). The van der Waals surface area contributed by atoms with Crippen LogP contribution in [-0.4, -0.2) is 16.8 Å². The van der Waals surface area contributed by atoms with Crippen molar-refractivity contribution in [2.75, 3.05) is 0 Å². The normalized spacial score (nSPS) is 26.2. The molecule has 1 aliphatic heterocycles. The molecule has 0 aromatic carbocycles. The summed E-state index contributed by atoms with van der Waals surface area (Å²) in [5.41, 5.74) is 0. The number of hydrogen-bond donors (Lipinski definition) is 0. The van der Waals surface area contributed by atoms with E-state index in [0.29, 0.717) is 4.48 Å². The van der Waals surface area contributed by atoms with Crippen molar-refractivity contribution in [2.24, 2.45) is 4.99 Å². The number of ketones is 1. The summed E-state index contributed by atoms with van der Waals surface area (Å²) in [6.45, 7) is 0. The van der Waals surface area contributed by atoms with Crippen molar-refractivity contribution in [3.63, 3.8) is 0 Å². The van der Waals surface area contributed by atoms with Crippen molar-refractivity contribution in [3.05, 3.63) is 10.7 Å². The first kappa shape index (κ1) is 7.15. The lowest BCUT2D eigenvalue weighted by Crippen LogP contribution is -2.17. The van der Waals surface area contributed by atoms with Crippen molar-refractivity contribution in [1.82, 2.24) is 0 Å². The molecule has 0 aliphatic carbocycles. The van der Waals surface area contributed by atoms with Crippen LogP contribution in [0.5, 0.6) is 0 Å². The maximum Gasteiger partial charge on any atom is 0.190 e. The van der Waals surface area contributed by atoms with E-state index in [9.17, 15) is 4.79 Å². The Labute approximate surface area is 69.3 Å². The van der Waals surface area contributed by atoms with Crippen LogP contribution in [0.4, 0.5) is 0 Å². The van der Waals surface area contributed by atoms with E-state index in [-0.39, 0.29) is 10.6 Å². The number of hydrogen-bond acceptors (Lipinski definition) is 2. The first-order valence-corrected chi connectivity index (χ1v) is 4.00. The molecule has 9 heavy (non-hydrogen) atoms. The molecule has 0 spiro atoms. The maximum atomic E-state index is 10.9. The number of Topliss-reactive ketones (excluding diaryl/α,β-unsaturated/α-hetero) is 1. The molecule has 0 unspecified atom stereocenters. The highest BCUT2D eigenvalue weighted by molar-refractivity contribution is 9.12. The largest absolute Gasteiger partial charge is 0.292 e. The van der Waals surface area contributed by atoms with Gasteiger partial charge in [-0.2, -0.15) is 0 Å². The highest BCUT2D eigenvalue weighted by Crippen LogP contribution is 2.16. The zero-order valence-electron chi connectivity index (χ0n) is 4.34. The molecule has 2 nitrogen and oxygen atoms in total. The minimum absolute atomic E-state index is 0.0185. The van der Waals surface area contributed by atoms with Crippen molar-refractivity contribution >= 4 is 43.9 Å². The number of halogens is 2. The molecule has 1 atom stereocenters. The van der Waals surface area contributed by atoms with Gasteiger partial charge in [-0.1, -0.05) is 15.9 Å². The number of rotatable bonds is 0. The van der Waals surface area contributed by atoms with Gasteiger partial charge in [-0.15, -0.1) is 0 Å². The van der Waals surface area contributed by atoms with E-state index in [0.717, 1.165) is 0 Å². The summed E-state index contributed by atoms with van der Waals surface area (Å²) < 4.78 is 0.520. The van der Waals surface area contributed by atoms with E-state index < -0.39 is 0 Å². The molecule has 0 saturated carbocycles. The minimum atomic E-state index is -0.253. The molecule has 1 heterocycles. The highest BCUT2D eigenvalue weighted by atomic mass is 79.9. The van der Waals surface area contributed by atoms with Crippen molar-refractivity contribution in [1.29, 1.82) is 0 Å². The van der Waals surface area contributed by atoms with Crippen LogP contribution in [0, 0.1) is 0 Å². The lowest BCUT2D eigenvalue weighted by molar-refractivity contribution is -0.113. The zero-order chi connectivity index (χ0) is 6.85. The Morgan fingerprint density at radius 3 is 2.78 bits per heavy atom. The molecule has 0 aromatic heterocycles. The zero-order valence-corrected chi connectivity index (χ0v) is 7.52.